The minimum absolute atomic E-state index is 0.474. The van der Waals surface area contributed by atoms with E-state index in [0.29, 0.717) is 22.9 Å². The maximum atomic E-state index is 11.4. The number of hydrogen-bond donors (Lipinski definition) is 3. The normalized spacial score (nSPS) is 14.5. The van der Waals surface area contributed by atoms with Crippen LogP contribution in [0.15, 0.2) is 57.9 Å². The number of nitrogens with one attached hydrogen (secondary N) is 3. The standard InChI is InChI=1S/C23H24N6O3/c1-15-13-24-22(26-17-4-2-16(3-5-17)14-29-8-10-31-11-9-29)28-21(15)25-18-6-7-20-19(12-18)27-23(30)32-20/h2-7,12-13H,8-11,14H2,1H3,(H,27,30)(H2,24,25,26,28). The predicted molar refractivity (Wildman–Crippen MR) is 123 cm³/mol. The molecular weight excluding hydrogens is 408 g/mol. The van der Waals surface area contributed by atoms with Crippen molar-refractivity contribution >= 4 is 34.2 Å². The lowest BCUT2D eigenvalue weighted by molar-refractivity contribution is 0.0342. The van der Waals surface area contributed by atoms with Crippen molar-refractivity contribution in [1.82, 2.24) is 19.9 Å². The van der Waals surface area contributed by atoms with Gasteiger partial charge in [0.15, 0.2) is 5.58 Å². The predicted octanol–water partition coefficient (Wildman–Crippen LogP) is 3.54. The summed E-state index contributed by atoms with van der Waals surface area (Å²) in [7, 11) is 0. The van der Waals surface area contributed by atoms with Crippen molar-refractivity contribution in [3.63, 3.8) is 0 Å². The summed E-state index contributed by atoms with van der Waals surface area (Å²) < 4.78 is 10.5. The number of nitrogens with zero attached hydrogens (tertiary/aromatic N) is 3. The minimum Gasteiger partial charge on any atom is -0.408 e. The molecule has 0 amide bonds. The number of benzene rings is 2. The highest BCUT2D eigenvalue weighted by molar-refractivity contribution is 5.78. The summed E-state index contributed by atoms with van der Waals surface area (Å²) >= 11 is 0. The Morgan fingerprint density at radius 2 is 1.84 bits per heavy atom. The van der Waals surface area contributed by atoms with E-state index in [-0.39, 0.29) is 0 Å². The van der Waals surface area contributed by atoms with Gasteiger partial charge in [0.1, 0.15) is 5.82 Å². The number of fused-ring (bicyclic) bond motifs is 1. The van der Waals surface area contributed by atoms with Crippen LogP contribution in [0.1, 0.15) is 11.1 Å². The Labute approximate surface area is 184 Å². The summed E-state index contributed by atoms with van der Waals surface area (Å²) in [5.74, 6) is 0.700. The van der Waals surface area contributed by atoms with Crippen LogP contribution in [0.5, 0.6) is 0 Å². The van der Waals surface area contributed by atoms with Crippen LogP contribution in [0.25, 0.3) is 11.1 Å². The van der Waals surface area contributed by atoms with Gasteiger partial charge in [0.25, 0.3) is 0 Å². The van der Waals surface area contributed by atoms with E-state index in [1.54, 1.807) is 12.3 Å². The van der Waals surface area contributed by atoms with E-state index in [1.807, 2.05) is 31.2 Å². The van der Waals surface area contributed by atoms with Crippen molar-refractivity contribution in [1.29, 1.82) is 0 Å². The zero-order valence-corrected chi connectivity index (χ0v) is 17.7. The SMILES string of the molecule is Cc1cnc(Nc2ccc(CN3CCOCC3)cc2)nc1Nc1ccc2oc(=O)[nH]c2c1. The highest BCUT2D eigenvalue weighted by Crippen LogP contribution is 2.23. The zero-order chi connectivity index (χ0) is 21.9. The molecule has 9 nitrogen and oxygen atoms in total. The minimum atomic E-state index is -0.474. The molecule has 0 bridgehead atoms. The maximum absolute atomic E-state index is 11.4. The molecule has 0 saturated carbocycles. The third-order valence-corrected chi connectivity index (χ3v) is 5.37. The summed E-state index contributed by atoms with van der Waals surface area (Å²) in [6.07, 6.45) is 1.77. The first-order valence-electron chi connectivity index (χ1n) is 10.5. The molecule has 0 aliphatic carbocycles. The lowest BCUT2D eigenvalue weighted by Gasteiger charge is -2.26. The van der Waals surface area contributed by atoms with E-state index in [1.165, 1.54) is 5.56 Å². The monoisotopic (exact) mass is 432 g/mol. The fourth-order valence-corrected chi connectivity index (χ4v) is 3.64. The molecule has 0 atom stereocenters. The number of aromatic nitrogens is 3. The molecule has 2 aromatic heterocycles. The Morgan fingerprint density at radius 1 is 1.06 bits per heavy atom. The molecule has 3 N–H and O–H groups in total. The second-order valence-corrected chi connectivity index (χ2v) is 7.79. The van der Waals surface area contributed by atoms with Gasteiger partial charge in [0.05, 0.1) is 18.7 Å². The fourth-order valence-electron chi connectivity index (χ4n) is 3.64. The number of anilines is 4. The van der Waals surface area contributed by atoms with Crippen LogP contribution in [0, 0.1) is 6.92 Å². The molecule has 5 rings (SSSR count). The van der Waals surface area contributed by atoms with Gasteiger partial charge < -0.3 is 19.8 Å². The third kappa shape index (κ3) is 4.63. The molecule has 4 aromatic rings. The van der Waals surface area contributed by atoms with Crippen LogP contribution in [0.2, 0.25) is 0 Å². The van der Waals surface area contributed by atoms with Gasteiger partial charge in [-0.25, -0.2) is 9.78 Å². The lowest BCUT2D eigenvalue weighted by atomic mass is 10.2. The molecule has 1 aliphatic heterocycles. The number of rotatable bonds is 6. The number of aromatic amines is 1. The van der Waals surface area contributed by atoms with Gasteiger partial charge >= 0.3 is 5.76 Å². The van der Waals surface area contributed by atoms with Gasteiger partial charge in [-0.15, -0.1) is 0 Å². The van der Waals surface area contributed by atoms with Crippen molar-refractivity contribution in [2.45, 2.75) is 13.5 Å². The summed E-state index contributed by atoms with van der Waals surface area (Å²) in [4.78, 5) is 25.4. The molecule has 0 radical (unpaired) electrons. The maximum Gasteiger partial charge on any atom is 0.417 e. The second kappa shape index (κ2) is 8.81. The van der Waals surface area contributed by atoms with Crippen molar-refractivity contribution in [2.75, 3.05) is 36.9 Å². The van der Waals surface area contributed by atoms with Gasteiger partial charge in [-0.3, -0.25) is 9.88 Å². The Morgan fingerprint density at radius 3 is 2.66 bits per heavy atom. The molecule has 32 heavy (non-hydrogen) atoms. The summed E-state index contributed by atoms with van der Waals surface area (Å²) in [6, 6.07) is 13.7. The first kappa shape index (κ1) is 20.2. The Hall–Kier alpha value is -3.69. The first-order chi connectivity index (χ1) is 15.6. The van der Waals surface area contributed by atoms with E-state index in [0.717, 1.165) is 49.8 Å². The van der Waals surface area contributed by atoms with Gasteiger partial charge in [-0.05, 0) is 42.8 Å². The summed E-state index contributed by atoms with van der Waals surface area (Å²) in [6.45, 7) is 6.40. The van der Waals surface area contributed by atoms with E-state index in [2.05, 4.69) is 42.6 Å². The van der Waals surface area contributed by atoms with Crippen LogP contribution >= 0.6 is 0 Å². The smallest absolute Gasteiger partial charge is 0.408 e. The number of oxazole rings is 1. The average molecular weight is 432 g/mol. The number of morpholine rings is 1. The number of H-pyrrole nitrogens is 1. The van der Waals surface area contributed by atoms with E-state index >= 15 is 0 Å². The van der Waals surface area contributed by atoms with Gasteiger partial charge in [-0.2, -0.15) is 4.98 Å². The highest BCUT2D eigenvalue weighted by atomic mass is 16.5. The molecule has 3 heterocycles. The van der Waals surface area contributed by atoms with E-state index < -0.39 is 5.76 Å². The second-order valence-electron chi connectivity index (χ2n) is 7.79. The Bertz CT molecular complexity index is 1280. The quantitative estimate of drug-likeness (QED) is 0.425. The Balaban J connectivity index is 1.28. The largest absolute Gasteiger partial charge is 0.417 e. The topological polar surface area (TPSA) is 108 Å². The van der Waals surface area contributed by atoms with Gasteiger partial charge in [0.2, 0.25) is 5.95 Å². The molecule has 1 saturated heterocycles. The molecule has 0 spiro atoms. The molecular formula is C23H24N6O3. The average Bonchev–Trinajstić information content (AvgIpc) is 3.17. The lowest BCUT2D eigenvalue weighted by Crippen LogP contribution is -2.35. The number of hydrogen-bond acceptors (Lipinski definition) is 8. The third-order valence-electron chi connectivity index (χ3n) is 5.37. The van der Waals surface area contributed by atoms with Crippen LogP contribution < -0.4 is 16.4 Å². The Kier molecular flexibility index (Phi) is 5.57. The van der Waals surface area contributed by atoms with Gasteiger partial charge in [0, 0.05) is 42.8 Å². The summed E-state index contributed by atoms with van der Waals surface area (Å²) in [5.41, 5.74) is 5.01. The van der Waals surface area contributed by atoms with Crippen molar-refractivity contribution in [3.05, 3.63) is 70.3 Å². The van der Waals surface area contributed by atoms with E-state index in [4.69, 9.17) is 9.15 Å². The molecule has 0 unspecified atom stereocenters. The van der Waals surface area contributed by atoms with Crippen LogP contribution in [-0.2, 0) is 11.3 Å². The van der Waals surface area contributed by atoms with Crippen molar-refractivity contribution < 1.29 is 9.15 Å². The van der Waals surface area contributed by atoms with Gasteiger partial charge in [-0.1, -0.05) is 12.1 Å². The molecule has 1 aliphatic rings. The first-order valence-corrected chi connectivity index (χ1v) is 10.5. The highest BCUT2D eigenvalue weighted by Gasteiger charge is 2.11. The molecule has 1 fully saturated rings. The van der Waals surface area contributed by atoms with Crippen molar-refractivity contribution in [2.24, 2.45) is 0 Å². The van der Waals surface area contributed by atoms with Crippen molar-refractivity contribution in [3.8, 4) is 0 Å². The zero-order valence-electron chi connectivity index (χ0n) is 17.7. The number of ether oxygens (including phenoxy) is 1. The van der Waals surface area contributed by atoms with Crippen LogP contribution in [0.3, 0.4) is 0 Å². The van der Waals surface area contributed by atoms with Crippen LogP contribution in [0.4, 0.5) is 23.1 Å². The van der Waals surface area contributed by atoms with E-state index in [9.17, 15) is 4.79 Å². The molecule has 9 heteroatoms. The summed E-state index contributed by atoms with van der Waals surface area (Å²) in [5, 5.41) is 6.55. The fraction of sp³-hybridized carbons (Fsp3) is 0.261. The van der Waals surface area contributed by atoms with Crippen LogP contribution in [-0.4, -0.2) is 46.2 Å². The number of aryl methyl sites for hydroxylation is 1. The molecule has 164 valence electrons. The molecule has 2 aromatic carbocycles.